The van der Waals surface area contributed by atoms with Gasteiger partial charge in [-0.3, -0.25) is 0 Å². The zero-order valence-electron chi connectivity index (χ0n) is 33.9. The summed E-state index contributed by atoms with van der Waals surface area (Å²) in [6, 6.07) is 74.2. The van der Waals surface area contributed by atoms with Gasteiger partial charge in [0.25, 0.3) is 0 Å². The van der Waals surface area contributed by atoms with Crippen molar-refractivity contribution in [2.75, 3.05) is 0 Å². The molecular formula is C57H35N5O. The summed E-state index contributed by atoms with van der Waals surface area (Å²) in [6.07, 6.45) is 0. The summed E-state index contributed by atoms with van der Waals surface area (Å²) in [5, 5.41) is 6.73. The van der Waals surface area contributed by atoms with Gasteiger partial charge in [0.15, 0.2) is 17.5 Å². The standard InChI is InChI=1S/C57H35N5O/c1-4-14-36(15-5-1)37-24-26-39(27-25-37)56-58-55(38-16-6-2-7-17-38)59-57(60-56)40-28-30-42(31-29-40)62-48-23-13-11-21-46(48)52-50(62)35-33-44-43-32-34-49-51(53(43)63-54(44)52)45-20-10-12-22-47(45)61(49)41-18-8-3-9-19-41/h1-35H. The first kappa shape index (κ1) is 35.2. The molecule has 0 aliphatic carbocycles. The molecule has 6 heteroatoms. The topological polar surface area (TPSA) is 61.7 Å². The lowest BCUT2D eigenvalue weighted by Gasteiger charge is -2.11. The second-order valence-electron chi connectivity index (χ2n) is 16.0. The van der Waals surface area contributed by atoms with Gasteiger partial charge in [-0.25, -0.2) is 15.0 Å². The molecule has 0 atom stereocenters. The fourth-order valence-electron chi connectivity index (χ4n) is 9.48. The summed E-state index contributed by atoms with van der Waals surface area (Å²) >= 11 is 0. The molecule has 0 aliphatic heterocycles. The number of fused-ring (bicyclic) bond motifs is 11. The van der Waals surface area contributed by atoms with Gasteiger partial charge in [0.1, 0.15) is 11.2 Å². The molecule has 0 N–H and O–H groups in total. The van der Waals surface area contributed by atoms with Gasteiger partial charge in [0.05, 0.1) is 32.8 Å². The van der Waals surface area contributed by atoms with Gasteiger partial charge in [-0.05, 0) is 83.9 Å². The SMILES string of the molecule is c1ccc(-c2ccc(-c3nc(-c4ccccc4)nc(-c4ccc(-n5c6ccccc6c6c7oc8c(ccc9c8c8ccccc8n9-c8ccccc8)c7ccc65)cc4)n3)cc2)cc1. The lowest BCUT2D eigenvalue weighted by Crippen LogP contribution is -2.00. The van der Waals surface area contributed by atoms with Crippen molar-refractivity contribution in [3.05, 3.63) is 212 Å². The summed E-state index contributed by atoms with van der Waals surface area (Å²) in [4.78, 5) is 15.1. The second kappa shape index (κ2) is 14.0. The first-order valence-electron chi connectivity index (χ1n) is 21.2. The van der Waals surface area contributed by atoms with Crippen molar-refractivity contribution in [2.45, 2.75) is 0 Å². The van der Waals surface area contributed by atoms with Crippen molar-refractivity contribution in [1.82, 2.24) is 24.1 Å². The van der Waals surface area contributed by atoms with Crippen LogP contribution in [-0.2, 0) is 0 Å². The quantitative estimate of drug-likeness (QED) is 0.168. The normalized spacial score (nSPS) is 11.8. The third-order valence-corrected chi connectivity index (χ3v) is 12.4. The summed E-state index contributed by atoms with van der Waals surface area (Å²) in [6.45, 7) is 0. The Hall–Kier alpha value is -8.61. The van der Waals surface area contributed by atoms with E-state index in [1.165, 1.54) is 10.9 Å². The van der Waals surface area contributed by atoms with Crippen LogP contribution >= 0.6 is 0 Å². The number of furan rings is 1. The molecule has 0 radical (unpaired) electrons. The van der Waals surface area contributed by atoms with Crippen LogP contribution in [0.2, 0.25) is 0 Å². The summed E-state index contributed by atoms with van der Waals surface area (Å²) < 4.78 is 11.8. The van der Waals surface area contributed by atoms with Crippen molar-refractivity contribution < 1.29 is 4.42 Å². The minimum absolute atomic E-state index is 0.615. The number of benzene rings is 9. The summed E-state index contributed by atoms with van der Waals surface area (Å²) in [5.74, 6) is 1.87. The molecule has 6 nitrogen and oxygen atoms in total. The lowest BCUT2D eigenvalue weighted by atomic mass is 10.0. The maximum Gasteiger partial charge on any atom is 0.164 e. The van der Waals surface area contributed by atoms with E-state index in [4.69, 9.17) is 19.4 Å². The molecule has 0 spiro atoms. The molecule has 0 fully saturated rings. The second-order valence-corrected chi connectivity index (χ2v) is 16.0. The predicted octanol–water partition coefficient (Wildman–Crippen LogP) is 14.6. The van der Waals surface area contributed by atoms with Crippen LogP contribution in [-0.4, -0.2) is 24.1 Å². The molecule has 4 aromatic heterocycles. The fourth-order valence-corrected chi connectivity index (χ4v) is 9.48. The van der Waals surface area contributed by atoms with E-state index < -0.39 is 0 Å². The van der Waals surface area contributed by atoms with Gasteiger partial charge in [-0.1, -0.05) is 140 Å². The number of hydrogen-bond acceptors (Lipinski definition) is 4. The molecule has 0 amide bonds. The van der Waals surface area contributed by atoms with Crippen molar-refractivity contribution in [3.8, 4) is 56.7 Å². The van der Waals surface area contributed by atoms with Crippen LogP contribution in [0.25, 0.3) is 122 Å². The van der Waals surface area contributed by atoms with Gasteiger partial charge in [0, 0.05) is 49.6 Å². The van der Waals surface area contributed by atoms with E-state index in [9.17, 15) is 0 Å². The Bertz CT molecular complexity index is 3870. The highest BCUT2D eigenvalue weighted by atomic mass is 16.3. The molecule has 0 bridgehead atoms. The zero-order chi connectivity index (χ0) is 41.4. The Labute approximate surface area is 361 Å². The Morgan fingerprint density at radius 3 is 1.14 bits per heavy atom. The van der Waals surface area contributed by atoms with Crippen LogP contribution in [0.15, 0.2) is 217 Å². The third-order valence-electron chi connectivity index (χ3n) is 12.4. The number of hydrogen-bond donors (Lipinski definition) is 0. The van der Waals surface area contributed by atoms with Gasteiger partial charge in [-0.2, -0.15) is 0 Å². The molecule has 0 aliphatic rings. The Morgan fingerprint density at radius 1 is 0.270 bits per heavy atom. The summed E-state index contributed by atoms with van der Waals surface area (Å²) in [7, 11) is 0. The maximum atomic E-state index is 7.15. The van der Waals surface area contributed by atoms with Crippen molar-refractivity contribution in [1.29, 1.82) is 0 Å². The third kappa shape index (κ3) is 5.55. The minimum Gasteiger partial charge on any atom is -0.455 e. The lowest BCUT2D eigenvalue weighted by molar-refractivity contribution is 0.677. The predicted molar refractivity (Wildman–Crippen MR) is 258 cm³/mol. The molecule has 0 saturated carbocycles. The smallest absolute Gasteiger partial charge is 0.164 e. The van der Waals surface area contributed by atoms with E-state index in [-0.39, 0.29) is 0 Å². The van der Waals surface area contributed by atoms with Gasteiger partial charge in [0.2, 0.25) is 0 Å². The first-order valence-corrected chi connectivity index (χ1v) is 21.2. The molecule has 13 rings (SSSR count). The van der Waals surface area contributed by atoms with Crippen LogP contribution < -0.4 is 0 Å². The van der Waals surface area contributed by atoms with Crippen LogP contribution in [0.4, 0.5) is 0 Å². The van der Waals surface area contributed by atoms with E-state index in [0.717, 1.165) is 93.8 Å². The van der Waals surface area contributed by atoms with E-state index in [1.54, 1.807) is 0 Å². The Balaban J connectivity index is 0.951. The molecule has 294 valence electrons. The van der Waals surface area contributed by atoms with E-state index in [0.29, 0.717) is 17.5 Å². The highest BCUT2D eigenvalue weighted by molar-refractivity contribution is 6.29. The largest absolute Gasteiger partial charge is 0.455 e. The molecule has 0 saturated heterocycles. The van der Waals surface area contributed by atoms with Gasteiger partial charge in [-0.15, -0.1) is 0 Å². The van der Waals surface area contributed by atoms with Crippen molar-refractivity contribution >= 4 is 65.6 Å². The van der Waals surface area contributed by atoms with Crippen molar-refractivity contribution in [2.24, 2.45) is 0 Å². The van der Waals surface area contributed by atoms with Crippen molar-refractivity contribution in [3.63, 3.8) is 0 Å². The van der Waals surface area contributed by atoms with Gasteiger partial charge >= 0.3 is 0 Å². The molecule has 0 unspecified atom stereocenters. The van der Waals surface area contributed by atoms with Crippen LogP contribution in [0.3, 0.4) is 0 Å². The van der Waals surface area contributed by atoms with E-state index >= 15 is 0 Å². The Morgan fingerprint density at radius 2 is 0.635 bits per heavy atom. The summed E-state index contributed by atoms with van der Waals surface area (Å²) in [5.41, 5.74) is 13.5. The minimum atomic E-state index is 0.615. The van der Waals surface area contributed by atoms with Crippen LogP contribution in [0.1, 0.15) is 0 Å². The number of rotatable bonds is 6. The zero-order valence-corrected chi connectivity index (χ0v) is 33.9. The molecule has 9 aromatic carbocycles. The van der Waals surface area contributed by atoms with Crippen LogP contribution in [0, 0.1) is 0 Å². The average molecular weight is 806 g/mol. The Kier molecular flexibility index (Phi) is 7.80. The van der Waals surface area contributed by atoms with Gasteiger partial charge < -0.3 is 13.6 Å². The highest BCUT2D eigenvalue weighted by Gasteiger charge is 2.23. The fraction of sp³-hybridized carbons (Fsp3) is 0. The molecule has 13 aromatic rings. The average Bonchev–Trinajstić information content (AvgIpc) is 4.02. The molecular weight excluding hydrogens is 771 g/mol. The highest BCUT2D eigenvalue weighted by Crippen LogP contribution is 2.45. The number of nitrogens with zero attached hydrogens (tertiary/aromatic N) is 5. The van der Waals surface area contributed by atoms with E-state index in [2.05, 4.69) is 185 Å². The van der Waals surface area contributed by atoms with E-state index in [1.807, 2.05) is 36.4 Å². The number of aromatic nitrogens is 5. The maximum absolute atomic E-state index is 7.15. The molecule has 4 heterocycles. The number of para-hydroxylation sites is 3. The van der Waals surface area contributed by atoms with Crippen LogP contribution in [0.5, 0.6) is 0 Å². The molecule has 63 heavy (non-hydrogen) atoms. The monoisotopic (exact) mass is 805 g/mol. The first-order chi connectivity index (χ1) is 31.2.